The molecule has 0 saturated heterocycles. The van der Waals surface area contributed by atoms with Gasteiger partial charge in [-0.15, -0.1) is 0 Å². The Kier molecular flexibility index (Phi) is 3.52. The van der Waals surface area contributed by atoms with Crippen molar-refractivity contribution in [2.45, 2.75) is 13.3 Å². The van der Waals surface area contributed by atoms with Crippen LogP contribution in [0.4, 0.5) is 0 Å². The Hall–Kier alpha value is -0.790. The number of hydrogen-bond acceptors (Lipinski definition) is 1. The zero-order valence-electron chi connectivity index (χ0n) is 7.81. The number of benzene rings is 1. The van der Waals surface area contributed by atoms with E-state index in [2.05, 4.69) is 6.58 Å². The monoisotopic (exact) mass is 195 g/mol. The largest absolute Gasteiger partial charge is 0.330 e. The summed E-state index contributed by atoms with van der Waals surface area (Å²) < 4.78 is 0. The van der Waals surface area contributed by atoms with Gasteiger partial charge < -0.3 is 5.73 Å². The van der Waals surface area contributed by atoms with Crippen LogP contribution in [0.5, 0.6) is 0 Å². The zero-order valence-corrected chi connectivity index (χ0v) is 8.56. The molecule has 2 heteroatoms. The lowest BCUT2D eigenvalue weighted by Gasteiger charge is -2.09. The number of nitrogens with two attached hydrogens (primary N) is 1. The fourth-order valence-electron chi connectivity index (χ4n) is 1.38. The number of rotatable bonds is 3. The molecule has 70 valence electrons. The van der Waals surface area contributed by atoms with Crippen molar-refractivity contribution in [3.63, 3.8) is 0 Å². The first-order valence-electron chi connectivity index (χ1n) is 4.30. The molecule has 0 amide bonds. The highest BCUT2D eigenvalue weighted by Gasteiger charge is 2.06. The molecule has 1 nitrogen and oxygen atoms in total. The molecular formula is C11H14ClN. The maximum absolute atomic E-state index is 6.06. The average Bonchev–Trinajstić information content (AvgIpc) is 2.04. The Bertz CT molecular complexity index is 298. The summed E-state index contributed by atoms with van der Waals surface area (Å²) in [5, 5.41) is 0.762. The molecule has 0 saturated carbocycles. The summed E-state index contributed by atoms with van der Waals surface area (Å²) in [6.45, 7) is 6.62. The van der Waals surface area contributed by atoms with Gasteiger partial charge in [-0.3, -0.25) is 0 Å². The Morgan fingerprint density at radius 1 is 1.54 bits per heavy atom. The van der Waals surface area contributed by atoms with Crippen LogP contribution in [0.2, 0.25) is 5.02 Å². The second-order valence-corrected chi connectivity index (χ2v) is 3.48. The summed E-state index contributed by atoms with van der Waals surface area (Å²) in [5.41, 5.74) is 8.69. The number of hydrogen-bond donors (Lipinski definition) is 1. The molecule has 0 radical (unpaired) electrons. The van der Waals surface area contributed by atoms with Crippen LogP contribution in [0.25, 0.3) is 5.57 Å². The van der Waals surface area contributed by atoms with Crippen LogP contribution in [0.1, 0.15) is 17.5 Å². The average molecular weight is 196 g/mol. The van der Waals surface area contributed by atoms with Gasteiger partial charge in [0.15, 0.2) is 0 Å². The zero-order chi connectivity index (χ0) is 9.84. The number of halogens is 1. The topological polar surface area (TPSA) is 26.0 Å². The fraction of sp³-hybridized carbons (Fsp3) is 0.273. The van der Waals surface area contributed by atoms with Crippen molar-refractivity contribution in [1.29, 1.82) is 0 Å². The van der Waals surface area contributed by atoms with Crippen LogP contribution < -0.4 is 5.73 Å². The van der Waals surface area contributed by atoms with Gasteiger partial charge in [0.1, 0.15) is 0 Å². The van der Waals surface area contributed by atoms with E-state index in [1.54, 1.807) is 0 Å². The van der Waals surface area contributed by atoms with E-state index >= 15 is 0 Å². The Balaban J connectivity index is 3.05. The molecule has 0 heterocycles. The van der Waals surface area contributed by atoms with Gasteiger partial charge in [-0.2, -0.15) is 0 Å². The maximum atomic E-state index is 6.06. The second-order valence-electron chi connectivity index (χ2n) is 3.07. The van der Waals surface area contributed by atoms with E-state index in [1.807, 2.05) is 25.1 Å². The van der Waals surface area contributed by atoms with Gasteiger partial charge in [-0.1, -0.05) is 30.3 Å². The summed E-state index contributed by atoms with van der Waals surface area (Å²) in [5.74, 6) is 0. The van der Waals surface area contributed by atoms with Crippen molar-refractivity contribution >= 4 is 17.2 Å². The van der Waals surface area contributed by atoms with E-state index < -0.39 is 0 Å². The summed E-state index contributed by atoms with van der Waals surface area (Å²) in [6, 6.07) is 5.85. The molecule has 0 fully saturated rings. The third-order valence-electron chi connectivity index (χ3n) is 2.02. The Morgan fingerprint density at radius 3 is 2.77 bits per heavy atom. The van der Waals surface area contributed by atoms with Crippen molar-refractivity contribution < 1.29 is 0 Å². The van der Waals surface area contributed by atoms with E-state index in [0.29, 0.717) is 6.54 Å². The molecule has 0 aliphatic carbocycles. The van der Waals surface area contributed by atoms with Crippen LogP contribution in [-0.4, -0.2) is 6.54 Å². The minimum atomic E-state index is 0.615. The fourth-order valence-corrected chi connectivity index (χ4v) is 1.73. The van der Waals surface area contributed by atoms with Crippen LogP contribution in [0, 0.1) is 6.92 Å². The molecule has 0 spiro atoms. The molecule has 0 aromatic heterocycles. The summed E-state index contributed by atoms with van der Waals surface area (Å²) in [6.07, 6.45) is 0.796. The van der Waals surface area contributed by atoms with E-state index in [-0.39, 0.29) is 0 Å². The van der Waals surface area contributed by atoms with Gasteiger partial charge in [0.2, 0.25) is 0 Å². The lowest BCUT2D eigenvalue weighted by atomic mass is 10.00. The summed E-state index contributed by atoms with van der Waals surface area (Å²) in [4.78, 5) is 0. The van der Waals surface area contributed by atoms with Crippen LogP contribution in [0.15, 0.2) is 24.8 Å². The van der Waals surface area contributed by atoms with E-state index in [4.69, 9.17) is 17.3 Å². The first kappa shape index (κ1) is 10.3. The minimum absolute atomic E-state index is 0.615. The standard InChI is InChI=1S/C11H14ClN/c1-8-4-3-5-10(12)11(8)9(2)6-7-13/h3-5H,2,6-7,13H2,1H3. The van der Waals surface area contributed by atoms with Crippen molar-refractivity contribution in [2.24, 2.45) is 5.73 Å². The minimum Gasteiger partial charge on any atom is -0.330 e. The molecule has 0 aliphatic heterocycles. The van der Waals surface area contributed by atoms with Gasteiger partial charge in [-0.05, 0) is 42.7 Å². The molecular weight excluding hydrogens is 182 g/mol. The van der Waals surface area contributed by atoms with Crippen molar-refractivity contribution in [2.75, 3.05) is 6.54 Å². The molecule has 2 N–H and O–H groups in total. The highest BCUT2D eigenvalue weighted by molar-refractivity contribution is 6.32. The third kappa shape index (κ3) is 2.33. The Morgan fingerprint density at radius 2 is 2.23 bits per heavy atom. The lowest BCUT2D eigenvalue weighted by Crippen LogP contribution is -2.00. The smallest absolute Gasteiger partial charge is 0.0483 e. The normalized spacial score (nSPS) is 10.1. The molecule has 13 heavy (non-hydrogen) atoms. The SMILES string of the molecule is C=C(CCN)c1c(C)cccc1Cl. The maximum Gasteiger partial charge on any atom is 0.0483 e. The van der Waals surface area contributed by atoms with Crippen molar-refractivity contribution in [3.8, 4) is 0 Å². The van der Waals surface area contributed by atoms with Gasteiger partial charge in [-0.25, -0.2) is 0 Å². The van der Waals surface area contributed by atoms with Crippen LogP contribution in [0.3, 0.4) is 0 Å². The van der Waals surface area contributed by atoms with Crippen LogP contribution >= 0.6 is 11.6 Å². The first-order valence-corrected chi connectivity index (χ1v) is 4.68. The predicted octanol–water partition coefficient (Wildman–Crippen LogP) is 3.01. The third-order valence-corrected chi connectivity index (χ3v) is 2.34. The molecule has 0 bridgehead atoms. The predicted molar refractivity (Wildman–Crippen MR) is 58.9 cm³/mol. The molecule has 0 atom stereocenters. The van der Waals surface area contributed by atoms with E-state index in [9.17, 15) is 0 Å². The molecule has 0 aliphatic rings. The van der Waals surface area contributed by atoms with Crippen molar-refractivity contribution in [1.82, 2.24) is 0 Å². The van der Waals surface area contributed by atoms with Gasteiger partial charge in [0.25, 0.3) is 0 Å². The summed E-state index contributed by atoms with van der Waals surface area (Å²) in [7, 11) is 0. The molecule has 1 aromatic rings. The molecule has 1 aromatic carbocycles. The lowest BCUT2D eigenvalue weighted by molar-refractivity contribution is 1.02. The Labute approximate surface area is 84.2 Å². The van der Waals surface area contributed by atoms with Gasteiger partial charge in [0.05, 0.1) is 0 Å². The quantitative estimate of drug-likeness (QED) is 0.789. The van der Waals surface area contributed by atoms with Crippen molar-refractivity contribution in [3.05, 3.63) is 40.9 Å². The van der Waals surface area contributed by atoms with Crippen LogP contribution in [-0.2, 0) is 0 Å². The molecule has 1 rings (SSSR count). The highest BCUT2D eigenvalue weighted by atomic mass is 35.5. The number of aryl methyl sites for hydroxylation is 1. The van der Waals surface area contributed by atoms with Gasteiger partial charge in [0, 0.05) is 5.02 Å². The first-order chi connectivity index (χ1) is 6.16. The van der Waals surface area contributed by atoms with Gasteiger partial charge >= 0.3 is 0 Å². The highest BCUT2D eigenvalue weighted by Crippen LogP contribution is 2.27. The molecule has 0 unspecified atom stereocenters. The van der Waals surface area contributed by atoms with E-state index in [0.717, 1.165) is 28.1 Å². The second kappa shape index (κ2) is 4.45. The van der Waals surface area contributed by atoms with E-state index in [1.165, 1.54) is 0 Å². The summed E-state index contributed by atoms with van der Waals surface area (Å²) >= 11 is 6.06.